The lowest BCUT2D eigenvalue weighted by atomic mass is 10.1. The van der Waals surface area contributed by atoms with E-state index >= 15 is 0 Å². The fourth-order valence-electron chi connectivity index (χ4n) is 1.93. The Balaban J connectivity index is 1.79. The molecule has 1 aromatic heterocycles. The molecule has 7 heteroatoms. The number of carbonyl (C=O) groups is 1. The number of aryl methyl sites for hydroxylation is 1. The van der Waals surface area contributed by atoms with Crippen molar-refractivity contribution < 1.29 is 14.1 Å². The lowest BCUT2D eigenvalue weighted by Gasteiger charge is -2.16. The first-order valence-corrected chi connectivity index (χ1v) is 7.18. The fraction of sp³-hybridized carbons (Fsp3) is 0.333. The van der Waals surface area contributed by atoms with Gasteiger partial charge in [-0.2, -0.15) is 0 Å². The third-order valence-corrected chi connectivity index (χ3v) is 3.33. The number of carbonyl (C=O) groups excluding carboxylic acids is 1. The highest BCUT2D eigenvalue weighted by atomic mass is 35.5. The van der Waals surface area contributed by atoms with Crippen molar-refractivity contribution in [2.75, 3.05) is 13.7 Å². The Bertz CT molecular complexity index is 613. The standard InChI is InChI=1S/C15H18ClN3O3/c1-10-7-13(19-22-10)8-17-15(20)18-9-14(21-2)11-3-5-12(16)6-4-11/h3-7,14H,8-9H2,1-2H3,(H2,17,18,20). The Labute approximate surface area is 133 Å². The predicted octanol–water partition coefficient (Wildman–Crippen LogP) is 2.82. The van der Waals surface area contributed by atoms with E-state index < -0.39 is 0 Å². The molecule has 1 heterocycles. The first-order chi connectivity index (χ1) is 10.6. The normalized spacial score (nSPS) is 12.0. The predicted molar refractivity (Wildman–Crippen MR) is 82.7 cm³/mol. The van der Waals surface area contributed by atoms with E-state index in [0.29, 0.717) is 29.6 Å². The molecule has 0 aliphatic carbocycles. The van der Waals surface area contributed by atoms with Crippen LogP contribution in [0.1, 0.15) is 23.1 Å². The van der Waals surface area contributed by atoms with Crippen LogP contribution in [0, 0.1) is 6.92 Å². The second-order valence-electron chi connectivity index (χ2n) is 4.77. The number of amides is 2. The van der Waals surface area contributed by atoms with Gasteiger partial charge < -0.3 is 19.9 Å². The minimum absolute atomic E-state index is 0.239. The maximum Gasteiger partial charge on any atom is 0.315 e. The Morgan fingerprint density at radius 3 is 2.68 bits per heavy atom. The molecule has 0 spiro atoms. The number of hydrogen-bond acceptors (Lipinski definition) is 4. The van der Waals surface area contributed by atoms with E-state index in [1.807, 2.05) is 12.1 Å². The van der Waals surface area contributed by atoms with Gasteiger partial charge in [0.05, 0.1) is 12.6 Å². The van der Waals surface area contributed by atoms with E-state index in [1.165, 1.54) is 0 Å². The van der Waals surface area contributed by atoms with Crippen LogP contribution in [-0.2, 0) is 11.3 Å². The molecule has 1 atom stereocenters. The minimum Gasteiger partial charge on any atom is -0.375 e. The maximum absolute atomic E-state index is 11.8. The lowest BCUT2D eigenvalue weighted by Crippen LogP contribution is -2.37. The van der Waals surface area contributed by atoms with Gasteiger partial charge in [-0.1, -0.05) is 28.9 Å². The van der Waals surface area contributed by atoms with Crippen molar-refractivity contribution in [3.63, 3.8) is 0 Å². The summed E-state index contributed by atoms with van der Waals surface area (Å²) >= 11 is 5.85. The van der Waals surface area contributed by atoms with Crippen LogP contribution < -0.4 is 10.6 Å². The van der Waals surface area contributed by atoms with Crippen LogP contribution in [0.4, 0.5) is 4.79 Å². The molecule has 118 valence electrons. The summed E-state index contributed by atoms with van der Waals surface area (Å²) < 4.78 is 10.3. The number of urea groups is 1. The highest BCUT2D eigenvalue weighted by Gasteiger charge is 2.12. The smallest absolute Gasteiger partial charge is 0.315 e. The van der Waals surface area contributed by atoms with Crippen LogP contribution in [0.15, 0.2) is 34.9 Å². The van der Waals surface area contributed by atoms with Crippen LogP contribution in [0.2, 0.25) is 5.02 Å². The molecule has 2 aromatic rings. The topological polar surface area (TPSA) is 76.4 Å². The van der Waals surface area contributed by atoms with Crippen LogP contribution >= 0.6 is 11.6 Å². The van der Waals surface area contributed by atoms with Crippen molar-refractivity contribution >= 4 is 17.6 Å². The van der Waals surface area contributed by atoms with Crippen molar-refractivity contribution in [2.45, 2.75) is 19.6 Å². The number of hydrogen-bond donors (Lipinski definition) is 2. The fourth-order valence-corrected chi connectivity index (χ4v) is 2.06. The van der Waals surface area contributed by atoms with Gasteiger partial charge in [0.1, 0.15) is 11.5 Å². The highest BCUT2D eigenvalue weighted by Crippen LogP contribution is 2.18. The number of methoxy groups -OCH3 is 1. The van der Waals surface area contributed by atoms with Crippen molar-refractivity contribution in [3.8, 4) is 0 Å². The van der Waals surface area contributed by atoms with Crippen LogP contribution in [0.3, 0.4) is 0 Å². The summed E-state index contributed by atoms with van der Waals surface area (Å²) in [5.74, 6) is 0.708. The number of nitrogens with one attached hydrogen (secondary N) is 2. The average molecular weight is 324 g/mol. The van der Waals surface area contributed by atoms with Crippen LogP contribution in [0.25, 0.3) is 0 Å². The van der Waals surface area contributed by atoms with Crippen molar-refractivity contribution in [2.24, 2.45) is 0 Å². The molecule has 0 saturated carbocycles. The Morgan fingerprint density at radius 2 is 2.09 bits per heavy atom. The molecule has 0 bridgehead atoms. The third-order valence-electron chi connectivity index (χ3n) is 3.08. The molecule has 1 unspecified atom stereocenters. The SMILES string of the molecule is COC(CNC(=O)NCc1cc(C)on1)c1ccc(Cl)cc1. The molecule has 2 N–H and O–H groups in total. The van der Waals surface area contributed by atoms with E-state index in [0.717, 1.165) is 5.56 Å². The zero-order valence-corrected chi connectivity index (χ0v) is 13.2. The number of benzene rings is 1. The quantitative estimate of drug-likeness (QED) is 0.857. The highest BCUT2D eigenvalue weighted by molar-refractivity contribution is 6.30. The molecule has 2 rings (SSSR count). The van der Waals surface area contributed by atoms with E-state index in [2.05, 4.69) is 15.8 Å². The molecule has 2 amide bonds. The van der Waals surface area contributed by atoms with Gasteiger partial charge in [0.2, 0.25) is 0 Å². The third kappa shape index (κ3) is 4.75. The van der Waals surface area contributed by atoms with Gasteiger partial charge in [-0.05, 0) is 24.6 Å². The number of nitrogens with zero attached hydrogens (tertiary/aromatic N) is 1. The molecule has 0 saturated heterocycles. The van der Waals surface area contributed by atoms with E-state index in [-0.39, 0.29) is 12.1 Å². The zero-order chi connectivity index (χ0) is 15.9. The van der Waals surface area contributed by atoms with Gasteiger partial charge in [0.25, 0.3) is 0 Å². The monoisotopic (exact) mass is 323 g/mol. The minimum atomic E-state index is -0.295. The van der Waals surface area contributed by atoms with Crippen LogP contribution in [-0.4, -0.2) is 24.8 Å². The van der Waals surface area contributed by atoms with E-state index in [4.69, 9.17) is 20.9 Å². The maximum atomic E-state index is 11.8. The zero-order valence-electron chi connectivity index (χ0n) is 12.4. The van der Waals surface area contributed by atoms with E-state index in [1.54, 1.807) is 32.2 Å². The molecular weight excluding hydrogens is 306 g/mol. The first kappa shape index (κ1) is 16.3. The Morgan fingerprint density at radius 1 is 1.36 bits per heavy atom. The van der Waals surface area contributed by atoms with E-state index in [9.17, 15) is 4.79 Å². The Kier molecular flexibility index (Phi) is 5.80. The van der Waals surface area contributed by atoms with Crippen molar-refractivity contribution in [1.82, 2.24) is 15.8 Å². The van der Waals surface area contributed by atoms with Gasteiger partial charge in [0.15, 0.2) is 0 Å². The number of ether oxygens (including phenoxy) is 1. The molecule has 22 heavy (non-hydrogen) atoms. The number of rotatable bonds is 6. The summed E-state index contributed by atoms with van der Waals surface area (Å²) in [4.78, 5) is 11.8. The molecule has 6 nitrogen and oxygen atoms in total. The summed E-state index contributed by atoms with van der Waals surface area (Å²) in [6, 6.07) is 8.79. The van der Waals surface area contributed by atoms with Gasteiger partial charge in [-0.3, -0.25) is 0 Å². The average Bonchev–Trinajstić information content (AvgIpc) is 2.93. The molecule has 0 aliphatic heterocycles. The van der Waals surface area contributed by atoms with Crippen molar-refractivity contribution in [3.05, 3.63) is 52.4 Å². The summed E-state index contributed by atoms with van der Waals surface area (Å²) in [7, 11) is 1.59. The molecule has 0 aliphatic rings. The molecule has 1 aromatic carbocycles. The first-order valence-electron chi connectivity index (χ1n) is 6.80. The van der Waals surface area contributed by atoms with Gasteiger partial charge in [-0.15, -0.1) is 0 Å². The summed E-state index contributed by atoms with van der Waals surface area (Å²) in [5, 5.41) is 9.92. The summed E-state index contributed by atoms with van der Waals surface area (Å²) in [6.45, 7) is 2.45. The largest absolute Gasteiger partial charge is 0.375 e. The molecular formula is C15H18ClN3O3. The number of aromatic nitrogens is 1. The second kappa shape index (κ2) is 7.82. The number of halogens is 1. The molecule has 0 radical (unpaired) electrons. The van der Waals surface area contributed by atoms with Gasteiger partial charge in [-0.25, -0.2) is 4.79 Å². The van der Waals surface area contributed by atoms with Gasteiger partial charge >= 0.3 is 6.03 Å². The van der Waals surface area contributed by atoms with Crippen molar-refractivity contribution in [1.29, 1.82) is 0 Å². The summed E-state index contributed by atoms with van der Waals surface area (Å²) in [6.07, 6.45) is -0.239. The lowest BCUT2D eigenvalue weighted by molar-refractivity contribution is 0.104. The second-order valence-corrected chi connectivity index (χ2v) is 5.20. The Hall–Kier alpha value is -2.05. The van der Waals surface area contributed by atoms with Crippen LogP contribution in [0.5, 0.6) is 0 Å². The molecule has 0 fully saturated rings. The summed E-state index contributed by atoms with van der Waals surface area (Å²) in [5.41, 5.74) is 1.62. The van der Waals surface area contributed by atoms with Gasteiger partial charge in [0, 0.05) is 24.7 Å².